The summed E-state index contributed by atoms with van der Waals surface area (Å²) < 4.78 is 99.5. The van der Waals surface area contributed by atoms with Gasteiger partial charge in [0, 0.05) is 32.1 Å². The predicted molar refractivity (Wildman–Crippen MR) is 161 cm³/mol. The van der Waals surface area contributed by atoms with Gasteiger partial charge >= 0.3 is 11.9 Å². The van der Waals surface area contributed by atoms with Crippen LogP contribution in [0.3, 0.4) is 0 Å². The normalized spacial score (nSPS) is 15.5. The number of amides is 1. The lowest BCUT2D eigenvalue weighted by molar-refractivity contribution is -0.137. The first-order valence-corrected chi connectivity index (χ1v) is 15.6. The lowest BCUT2D eigenvalue weighted by atomic mass is 10.0. The van der Waals surface area contributed by atoms with Crippen LogP contribution < -0.4 is 10.6 Å². The molecule has 3 aromatic heterocycles. The van der Waals surface area contributed by atoms with Gasteiger partial charge in [0.25, 0.3) is 0 Å². The topological polar surface area (TPSA) is 123 Å². The first-order valence-electron chi connectivity index (χ1n) is 13.7. The Kier molecular flexibility index (Phi) is 8.58. The van der Waals surface area contributed by atoms with Crippen molar-refractivity contribution < 1.29 is 35.2 Å². The molecule has 1 aromatic carbocycles. The van der Waals surface area contributed by atoms with E-state index in [1.807, 2.05) is 0 Å². The van der Waals surface area contributed by atoms with E-state index in [2.05, 4.69) is 26.4 Å². The smallest absolute Gasteiger partial charge is 0.342 e. The molecule has 1 saturated heterocycles. The van der Waals surface area contributed by atoms with Gasteiger partial charge in [0.1, 0.15) is 23.4 Å². The molecule has 0 saturated carbocycles. The summed E-state index contributed by atoms with van der Waals surface area (Å²) in [6.45, 7) is 12.1. The highest BCUT2D eigenvalue weighted by molar-refractivity contribution is 7.90. The first kappa shape index (κ1) is 33.1. The van der Waals surface area contributed by atoms with Crippen molar-refractivity contribution in [3.05, 3.63) is 94.0 Å². The van der Waals surface area contributed by atoms with Crippen LogP contribution in [0.2, 0.25) is 0 Å². The Balaban J connectivity index is 1.91. The number of pyridine rings is 2. The fourth-order valence-electron chi connectivity index (χ4n) is 5.53. The number of alkyl halides is 3. The minimum Gasteiger partial charge on any atom is -0.342 e. The van der Waals surface area contributed by atoms with Crippen LogP contribution in [0.15, 0.2) is 58.9 Å². The third kappa shape index (κ3) is 6.03. The molecule has 0 aliphatic carbocycles. The van der Waals surface area contributed by atoms with Crippen LogP contribution in [0.5, 0.6) is 0 Å². The molecule has 0 N–H and O–H groups in total. The van der Waals surface area contributed by atoms with E-state index >= 15 is 8.78 Å². The van der Waals surface area contributed by atoms with Crippen LogP contribution in [-0.2, 0) is 20.8 Å². The van der Waals surface area contributed by atoms with Gasteiger partial charge in [0.2, 0.25) is 12.5 Å². The van der Waals surface area contributed by atoms with Crippen LogP contribution >= 0.6 is 0 Å². The van der Waals surface area contributed by atoms with E-state index in [0.29, 0.717) is 16.7 Å². The minimum absolute atomic E-state index is 0.0132. The molecule has 4 aromatic rings. The predicted octanol–water partition coefficient (Wildman–Crippen LogP) is 3.97. The summed E-state index contributed by atoms with van der Waals surface area (Å²) in [6, 6.07) is 3.06. The molecule has 1 aliphatic rings. The maximum absolute atomic E-state index is 16.0. The molecule has 5 rings (SSSR count). The van der Waals surface area contributed by atoms with Crippen molar-refractivity contribution in [3.8, 4) is 16.9 Å². The van der Waals surface area contributed by atoms with E-state index in [4.69, 9.17) is 6.57 Å². The van der Waals surface area contributed by atoms with Crippen molar-refractivity contribution in [1.29, 1.82) is 0 Å². The van der Waals surface area contributed by atoms with E-state index in [1.165, 1.54) is 16.7 Å². The van der Waals surface area contributed by atoms with Gasteiger partial charge in [-0.3, -0.25) is 9.78 Å². The van der Waals surface area contributed by atoms with Gasteiger partial charge < -0.3 is 14.6 Å². The summed E-state index contributed by atoms with van der Waals surface area (Å²) in [6.07, 6.45) is -2.03. The van der Waals surface area contributed by atoms with Gasteiger partial charge in [-0.2, -0.15) is 18.2 Å². The van der Waals surface area contributed by atoms with Crippen molar-refractivity contribution in [2.45, 2.75) is 24.0 Å². The van der Waals surface area contributed by atoms with Crippen LogP contribution in [0.1, 0.15) is 11.3 Å². The van der Waals surface area contributed by atoms with E-state index < -0.39 is 72.7 Å². The molecule has 47 heavy (non-hydrogen) atoms. The lowest BCUT2D eigenvalue weighted by Gasteiger charge is -2.40. The molecule has 4 heterocycles. The number of piperazine rings is 1. The summed E-state index contributed by atoms with van der Waals surface area (Å²) in [7, 11) is -4.08. The van der Waals surface area contributed by atoms with E-state index in [-0.39, 0.29) is 48.8 Å². The van der Waals surface area contributed by atoms with Gasteiger partial charge in [-0.1, -0.05) is 12.6 Å². The maximum atomic E-state index is 16.0. The Morgan fingerprint density at radius 1 is 1.17 bits per heavy atom. The zero-order valence-corrected chi connectivity index (χ0v) is 25.5. The lowest BCUT2D eigenvalue weighted by Crippen LogP contribution is -2.56. The number of fused-ring (bicyclic) bond motifs is 1. The Labute approximate surface area is 264 Å². The number of rotatable bonds is 6. The molecular formula is C30H24F5N7O4S. The van der Waals surface area contributed by atoms with Crippen molar-refractivity contribution in [2.75, 3.05) is 37.3 Å². The largest absolute Gasteiger partial charge is 0.417 e. The summed E-state index contributed by atoms with van der Waals surface area (Å²) >= 11 is 0. The Morgan fingerprint density at radius 2 is 1.89 bits per heavy atom. The number of hydrogen-bond acceptors (Lipinski definition) is 8. The molecule has 0 spiro atoms. The molecule has 17 heteroatoms. The standard InChI is InChI=1S/C30H24F5N7O4S/c1-5-23(43)40-11-12-41(17(15-40)14-36-3)27-18-13-21(32)25(24-19(30(33,34)35)7-6-8-20(24)31)38-28(18)42(29(44)39-27)26-16(2)37-10-9-22(26)47(4,45)46/h5-10,13,17H,1,11-12,14-15H2,2,4H3/t17-/m0/s1. The third-order valence-corrected chi connectivity index (χ3v) is 8.72. The Hall–Kier alpha value is -5.24. The van der Waals surface area contributed by atoms with Crippen LogP contribution in [0, 0.1) is 25.1 Å². The van der Waals surface area contributed by atoms with Crippen LogP contribution in [-0.4, -0.2) is 77.2 Å². The van der Waals surface area contributed by atoms with Crippen LogP contribution in [0.4, 0.5) is 27.8 Å². The number of carbonyl (C=O) groups excluding carboxylic acids is 1. The number of nitrogens with zero attached hydrogens (tertiary/aromatic N) is 7. The monoisotopic (exact) mass is 673 g/mol. The second-order valence-electron chi connectivity index (χ2n) is 10.6. The molecule has 1 amide bonds. The summed E-state index contributed by atoms with van der Waals surface area (Å²) in [4.78, 5) is 44.4. The average molecular weight is 674 g/mol. The van der Waals surface area contributed by atoms with Crippen LogP contribution in [0.25, 0.3) is 32.8 Å². The molecule has 1 fully saturated rings. The Bertz CT molecular complexity index is 2160. The van der Waals surface area contributed by atoms with E-state index in [9.17, 15) is 31.2 Å². The van der Waals surface area contributed by atoms with Crippen molar-refractivity contribution >= 4 is 32.6 Å². The average Bonchev–Trinajstić information content (AvgIpc) is 3.00. The molecule has 244 valence electrons. The van der Waals surface area contributed by atoms with Gasteiger partial charge in [-0.15, -0.1) is 0 Å². The molecule has 1 atom stereocenters. The second kappa shape index (κ2) is 12.2. The third-order valence-electron chi connectivity index (χ3n) is 7.59. The van der Waals surface area contributed by atoms with Crippen molar-refractivity contribution in [1.82, 2.24) is 24.4 Å². The number of aryl methyl sites for hydroxylation is 1. The summed E-state index contributed by atoms with van der Waals surface area (Å²) in [5.41, 5.74) is -5.98. The highest BCUT2D eigenvalue weighted by Crippen LogP contribution is 2.40. The number of aromatic nitrogens is 4. The summed E-state index contributed by atoms with van der Waals surface area (Å²) in [5, 5.41) is -0.267. The zero-order valence-electron chi connectivity index (χ0n) is 24.7. The van der Waals surface area contributed by atoms with Gasteiger partial charge in [-0.25, -0.2) is 38.1 Å². The fourth-order valence-corrected chi connectivity index (χ4v) is 6.43. The number of anilines is 1. The van der Waals surface area contributed by atoms with E-state index in [1.54, 1.807) is 0 Å². The fraction of sp³-hybridized carbons (Fsp3) is 0.267. The van der Waals surface area contributed by atoms with Crippen molar-refractivity contribution in [3.63, 3.8) is 0 Å². The number of sulfone groups is 1. The zero-order chi connectivity index (χ0) is 34.4. The molecule has 0 bridgehead atoms. The van der Waals surface area contributed by atoms with Crippen molar-refractivity contribution in [2.24, 2.45) is 0 Å². The SMILES string of the molecule is [C-]#[N+]C[C@H]1CN(C(=O)C=C)CCN1c1nc(=O)n(-c2c(S(C)(=O)=O)ccnc2C)c2nc(-c3c(F)cccc3C(F)(F)F)c(F)cc12. The molecule has 1 aliphatic heterocycles. The highest BCUT2D eigenvalue weighted by atomic mass is 32.2. The van der Waals surface area contributed by atoms with Gasteiger partial charge in [0.15, 0.2) is 21.3 Å². The Morgan fingerprint density at radius 3 is 2.53 bits per heavy atom. The number of halogens is 5. The molecule has 0 unspecified atom stereocenters. The number of hydrogen-bond donors (Lipinski definition) is 0. The maximum Gasteiger partial charge on any atom is 0.417 e. The quantitative estimate of drug-likeness (QED) is 0.171. The molecule has 0 radical (unpaired) electrons. The first-order chi connectivity index (χ1) is 22.1. The van der Waals surface area contributed by atoms with Gasteiger partial charge in [0.05, 0.1) is 32.8 Å². The summed E-state index contributed by atoms with van der Waals surface area (Å²) in [5.74, 6) is -3.51. The molecule has 11 nitrogen and oxygen atoms in total. The van der Waals surface area contributed by atoms with E-state index in [0.717, 1.165) is 36.7 Å². The minimum atomic E-state index is -5.14. The highest BCUT2D eigenvalue weighted by Gasteiger charge is 2.38. The number of benzene rings is 1. The number of carbonyl (C=O) groups is 1. The second-order valence-corrected chi connectivity index (χ2v) is 12.6. The molecular weight excluding hydrogens is 649 g/mol. The van der Waals surface area contributed by atoms with Gasteiger partial charge in [-0.05, 0) is 37.3 Å².